The van der Waals surface area contributed by atoms with Crippen molar-refractivity contribution in [1.29, 1.82) is 0 Å². The normalized spacial score (nSPS) is 17.4. The van der Waals surface area contributed by atoms with Crippen LogP contribution in [0, 0.1) is 5.92 Å². The van der Waals surface area contributed by atoms with E-state index in [4.69, 9.17) is 18.0 Å². The number of thiocarbonyl (C=S) groups is 1. The van der Waals surface area contributed by atoms with Crippen molar-refractivity contribution < 1.29 is 0 Å². The molecule has 0 bridgehead atoms. The van der Waals surface area contributed by atoms with Crippen LogP contribution < -0.4 is 10.6 Å². The molecule has 1 aromatic rings. The SMILES string of the molecule is CC1CCN(c2nccc(C(N)=S)n2)CC1. The van der Waals surface area contributed by atoms with E-state index < -0.39 is 0 Å². The van der Waals surface area contributed by atoms with Crippen LogP contribution in [0.4, 0.5) is 5.95 Å². The fourth-order valence-corrected chi connectivity index (χ4v) is 1.96. The van der Waals surface area contributed by atoms with Crippen molar-refractivity contribution in [2.45, 2.75) is 19.8 Å². The number of hydrogen-bond acceptors (Lipinski definition) is 4. The van der Waals surface area contributed by atoms with E-state index in [9.17, 15) is 0 Å². The number of nitrogens with zero attached hydrogens (tertiary/aromatic N) is 3. The Kier molecular flexibility index (Phi) is 3.33. The Hall–Kier alpha value is -1.23. The molecule has 0 unspecified atom stereocenters. The van der Waals surface area contributed by atoms with Gasteiger partial charge in [0.15, 0.2) is 0 Å². The zero-order chi connectivity index (χ0) is 11.5. The molecule has 1 saturated heterocycles. The average molecular weight is 236 g/mol. The Balaban J connectivity index is 2.14. The van der Waals surface area contributed by atoms with Gasteiger partial charge in [0.1, 0.15) is 10.7 Å². The number of nitrogens with two attached hydrogens (primary N) is 1. The summed E-state index contributed by atoms with van der Waals surface area (Å²) in [6, 6.07) is 1.75. The van der Waals surface area contributed by atoms with Gasteiger partial charge in [-0.15, -0.1) is 0 Å². The molecular formula is C11H16N4S. The molecule has 4 nitrogen and oxygen atoms in total. The van der Waals surface area contributed by atoms with E-state index in [0.29, 0.717) is 10.7 Å². The van der Waals surface area contributed by atoms with Crippen LogP contribution >= 0.6 is 12.2 Å². The largest absolute Gasteiger partial charge is 0.388 e. The Morgan fingerprint density at radius 3 is 2.81 bits per heavy atom. The molecule has 1 aromatic heterocycles. The summed E-state index contributed by atoms with van der Waals surface area (Å²) in [6.45, 7) is 4.31. The molecule has 1 fully saturated rings. The molecule has 5 heteroatoms. The zero-order valence-electron chi connectivity index (χ0n) is 9.39. The van der Waals surface area contributed by atoms with E-state index in [1.807, 2.05) is 0 Å². The maximum Gasteiger partial charge on any atom is 0.225 e. The summed E-state index contributed by atoms with van der Waals surface area (Å²) in [4.78, 5) is 11.2. The molecule has 0 radical (unpaired) electrons. The van der Waals surface area contributed by atoms with Gasteiger partial charge in [0.2, 0.25) is 5.95 Å². The molecule has 0 spiro atoms. The van der Waals surface area contributed by atoms with Gasteiger partial charge >= 0.3 is 0 Å². The summed E-state index contributed by atoms with van der Waals surface area (Å²) in [5, 5.41) is 0. The summed E-state index contributed by atoms with van der Waals surface area (Å²) in [5.41, 5.74) is 6.21. The predicted octanol–water partition coefficient (Wildman–Crippen LogP) is 1.35. The van der Waals surface area contributed by atoms with Crippen LogP contribution in [-0.4, -0.2) is 28.0 Å². The molecule has 86 valence electrons. The molecule has 16 heavy (non-hydrogen) atoms. The van der Waals surface area contributed by atoms with Crippen molar-refractivity contribution in [3.63, 3.8) is 0 Å². The summed E-state index contributed by atoms with van der Waals surface area (Å²) in [7, 11) is 0. The first-order chi connectivity index (χ1) is 7.66. The maximum absolute atomic E-state index is 5.56. The van der Waals surface area contributed by atoms with Gasteiger partial charge in [-0.25, -0.2) is 9.97 Å². The van der Waals surface area contributed by atoms with E-state index in [1.54, 1.807) is 12.3 Å². The van der Waals surface area contributed by atoms with Gasteiger partial charge in [-0.2, -0.15) is 0 Å². The number of hydrogen-bond donors (Lipinski definition) is 1. The Bertz CT molecular complexity index is 385. The van der Waals surface area contributed by atoms with Gasteiger partial charge in [-0.05, 0) is 24.8 Å². The molecule has 2 N–H and O–H groups in total. The lowest BCUT2D eigenvalue weighted by molar-refractivity contribution is 0.434. The smallest absolute Gasteiger partial charge is 0.225 e. The fourth-order valence-electron chi connectivity index (χ4n) is 1.85. The first-order valence-electron chi connectivity index (χ1n) is 5.54. The number of anilines is 1. The topological polar surface area (TPSA) is 55.0 Å². The summed E-state index contributed by atoms with van der Waals surface area (Å²) >= 11 is 4.91. The maximum atomic E-state index is 5.56. The Morgan fingerprint density at radius 2 is 2.19 bits per heavy atom. The average Bonchev–Trinajstić information content (AvgIpc) is 2.30. The van der Waals surface area contributed by atoms with Crippen molar-refractivity contribution in [2.75, 3.05) is 18.0 Å². The van der Waals surface area contributed by atoms with Crippen molar-refractivity contribution in [3.05, 3.63) is 18.0 Å². The summed E-state index contributed by atoms with van der Waals surface area (Å²) < 4.78 is 0. The number of piperidine rings is 1. The lowest BCUT2D eigenvalue weighted by atomic mass is 10.00. The quantitative estimate of drug-likeness (QED) is 0.785. The molecule has 0 atom stereocenters. The minimum atomic E-state index is 0.328. The highest BCUT2D eigenvalue weighted by Gasteiger charge is 2.18. The molecule has 0 saturated carbocycles. The second kappa shape index (κ2) is 4.74. The van der Waals surface area contributed by atoms with Crippen molar-refractivity contribution in [1.82, 2.24) is 9.97 Å². The van der Waals surface area contributed by atoms with E-state index in [2.05, 4.69) is 21.8 Å². The molecule has 2 rings (SSSR count). The van der Waals surface area contributed by atoms with Crippen molar-refractivity contribution >= 4 is 23.2 Å². The number of aromatic nitrogens is 2. The minimum absolute atomic E-state index is 0.328. The standard InChI is InChI=1S/C11H16N4S/c1-8-3-6-15(7-4-8)11-13-5-2-9(14-11)10(12)16/h2,5,8H,3-4,6-7H2,1H3,(H2,12,16). The van der Waals surface area contributed by atoms with Gasteiger partial charge in [-0.1, -0.05) is 19.1 Å². The molecule has 1 aliphatic rings. The van der Waals surface area contributed by atoms with Gasteiger partial charge in [-0.3, -0.25) is 0 Å². The van der Waals surface area contributed by atoms with Crippen LogP contribution in [0.2, 0.25) is 0 Å². The van der Waals surface area contributed by atoms with E-state index in [0.717, 1.165) is 25.0 Å². The highest BCUT2D eigenvalue weighted by Crippen LogP contribution is 2.19. The Morgan fingerprint density at radius 1 is 1.50 bits per heavy atom. The molecule has 0 amide bonds. The second-order valence-electron chi connectivity index (χ2n) is 4.28. The Labute approximate surface area is 101 Å². The van der Waals surface area contributed by atoms with Gasteiger partial charge in [0, 0.05) is 19.3 Å². The van der Waals surface area contributed by atoms with Crippen LogP contribution in [0.1, 0.15) is 25.5 Å². The number of rotatable bonds is 2. The van der Waals surface area contributed by atoms with E-state index in [1.165, 1.54) is 12.8 Å². The van der Waals surface area contributed by atoms with Gasteiger partial charge in [0.05, 0.1) is 0 Å². The van der Waals surface area contributed by atoms with Gasteiger partial charge < -0.3 is 10.6 Å². The lowest BCUT2D eigenvalue weighted by Crippen LogP contribution is -2.34. The molecule has 2 heterocycles. The second-order valence-corrected chi connectivity index (χ2v) is 4.72. The van der Waals surface area contributed by atoms with E-state index >= 15 is 0 Å². The van der Waals surface area contributed by atoms with Crippen LogP contribution in [0.25, 0.3) is 0 Å². The van der Waals surface area contributed by atoms with E-state index in [-0.39, 0.29) is 0 Å². The van der Waals surface area contributed by atoms with Crippen LogP contribution in [0.3, 0.4) is 0 Å². The molecule has 0 aromatic carbocycles. The third-order valence-corrected chi connectivity index (χ3v) is 3.17. The van der Waals surface area contributed by atoms with Crippen molar-refractivity contribution in [2.24, 2.45) is 11.7 Å². The minimum Gasteiger partial charge on any atom is -0.388 e. The summed E-state index contributed by atoms with van der Waals surface area (Å²) in [6.07, 6.45) is 4.11. The van der Waals surface area contributed by atoms with Crippen LogP contribution in [0.5, 0.6) is 0 Å². The zero-order valence-corrected chi connectivity index (χ0v) is 10.2. The monoisotopic (exact) mass is 236 g/mol. The van der Waals surface area contributed by atoms with Crippen LogP contribution in [0.15, 0.2) is 12.3 Å². The third kappa shape index (κ3) is 2.47. The molecule has 0 aliphatic carbocycles. The molecule has 1 aliphatic heterocycles. The van der Waals surface area contributed by atoms with Crippen molar-refractivity contribution in [3.8, 4) is 0 Å². The highest BCUT2D eigenvalue weighted by molar-refractivity contribution is 7.80. The first-order valence-corrected chi connectivity index (χ1v) is 5.95. The third-order valence-electron chi connectivity index (χ3n) is 2.96. The lowest BCUT2D eigenvalue weighted by Gasteiger charge is -2.30. The predicted molar refractivity (Wildman–Crippen MR) is 68.5 cm³/mol. The molecular weight excluding hydrogens is 220 g/mol. The highest BCUT2D eigenvalue weighted by atomic mass is 32.1. The first kappa shape index (κ1) is 11.3. The fraction of sp³-hybridized carbons (Fsp3) is 0.545. The van der Waals surface area contributed by atoms with Gasteiger partial charge in [0.25, 0.3) is 0 Å². The van der Waals surface area contributed by atoms with Crippen LogP contribution in [-0.2, 0) is 0 Å². The summed E-state index contributed by atoms with van der Waals surface area (Å²) in [5.74, 6) is 1.55.